The lowest BCUT2D eigenvalue weighted by molar-refractivity contribution is -0.933. The fourth-order valence-corrected chi connectivity index (χ4v) is 15.7. The molecule has 4 heterocycles. The van der Waals surface area contributed by atoms with Crippen LogP contribution in [0.4, 0.5) is 4.79 Å². The first-order valence-electron chi connectivity index (χ1n) is 21.2. The van der Waals surface area contributed by atoms with Gasteiger partial charge in [0, 0.05) is 88.2 Å². The van der Waals surface area contributed by atoms with Crippen LogP contribution >= 0.6 is 71.5 Å². The van der Waals surface area contributed by atoms with E-state index in [1.807, 2.05) is 0 Å². The largest absolute Gasteiger partial charge is 0.617 e. The summed E-state index contributed by atoms with van der Waals surface area (Å²) in [6.45, 7) is 19.7. The number of carbonyl (C=O) groups is 5. The van der Waals surface area contributed by atoms with E-state index in [9.17, 15) is 34.4 Å². The van der Waals surface area contributed by atoms with Crippen molar-refractivity contribution in [1.29, 1.82) is 0 Å². The third-order valence-electron chi connectivity index (χ3n) is 9.71. The predicted octanol–water partition coefficient (Wildman–Crippen LogP) is 6.88. The summed E-state index contributed by atoms with van der Waals surface area (Å²) >= 11 is 16.2. The number of hydrogen-bond donors (Lipinski definition) is 4. The van der Waals surface area contributed by atoms with Gasteiger partial charge in [-0.2, -0.15) is 4.73 Å². The number of thioether (sulfide) groups is 4. The molecule has 352 valence electrons. The number of nitrogens with zero attached hydrogens (tertiary/aromatic N) is 4. The number of aromatic nitrogens is 2. The van der Waals surface area contributed by atoms with Gasteiger partial charge in [-0.1, -0.05) is 111 Å². The highest BCUT2D eigenvalue weighted by molar-refractivity contribution is 8.23. The quantitative estimate of drug-likeness (QED) is 0.0205. The summed E-state index contributed by atoms with van der Waals surface area (Å²) in [6, 6.07) is 6.81. The van der Waals surface area contributed by atoms with Crippen molar-refractivity contribution >= 4 is 126 Å². The Bertz CT molecular complexity index is 2100. The summed E-state index contributed by atoms with van der Waals surface area (Å²) in [5.74, 6) is 0.418. The number of nitrogens with one attached hydrogen (secondary N) is 3. The van der Waals surface area contributed by atoms with Gasteiger partial charge in [-0.3, -0.25) is 34.2 Å². The van der Waals surface area contributed by atoms with Crippen LogP contribution in [-0.4, -0.2) is 130 Å². The highest BCUT2D eigenvalue weighted by Crippen LogP contribution is 2.29. The molecule has 0 saturated carbocycles. The van der Waals surface area contributed by atoms with Gasteiger partial charge in [-0.25, -0.2) is 4.79 Å². The van der Waals surface area contributed by atoms with Crippen LogP contribution in [-0.2, 0) is 4.74 Å². The molecule has 23 heteroatoms. The van der Waals surface area contributed by atoms with Crippen LogP contribution in [0.3, 0.4) is 0 Å². The van der Waals surface area contributed by atoms with Crippen LogP contribution in [0.15, 0.2) is 34.3 Å². The molecule has 4 N–H and O–H groups in total. The van der Waals surface area contributed by atoms with E-state index in [1.165, 1.54) is 81.1 Å². The van der Waals surface area contributed by atoms with Crippen molar-refractivity contribution in [3.05, 3.63) is 52.0 Å². The van der Waals surface area contributed by atoms with Crippen LogP contribution in [0, 0.1) is 5.21 Å². The maximum Gasteiger partial charge on any atom is 0.407 e. The summed E-state index contributed by atoms with van der Waals surface area (Å²) in [6.07, 6.45) is 0.795. The molecule has 64 heavy (non-hydrogen) atoms. The van der Waals surface area contributed by atoms with Crippen LogP contribution in [0.25, 0.3) is 0 Å². The standard InChI is InChI=1S/C41H61N7O8S6Si2/c1-41(2,3)56-38(53)42-17-11-10-12-27(44-33(50)31-16-14-29(35(52)46-19-21-62-40(46)58)37(48(31)55)60-23-25-64(7,8)9)26-43-32(49)30-15-13-28(34(51)45-18-20-61-39(45)57)36(47(30)54)59-22-24-63(4,5)6/h13-16,27H,10-12,17-26H2,1-9H3,(H3-,42,43,44,49,50,53,55)/p+1/t27-/m0/s1. The first-order valence-corrected chi connectivity index (χ1v) is 33.4. The van der Waals surface area contributed by atoms with Gasteiger partial charge in [-0.15, -0.1) is 0 Å². The third kappa shape index (κ3) is 16.1. The molecule has 0 spiro atoms. The second kappa shape index (κ2) is 23.7. The SMILES string of the molecule is CC(C)(C)OC(=O)NCCCC[C@@H](CNC(=O)c1ccc(C(=O)N2CCSC2=S)c(SCC[Si](C)(C)C)[n+]1[O-])NC(=O)c1ccc(C(=O)N2CCSC2=S)c(SCC[Si](C)(C)C)[n+]1O. The van der Waals surface area contributed by atoms with Crippen LogP contribution in [0.5, 0.6) is 0 Å². The Labute approximate surface area is 406 Å². The van der Waals surface area contributed by atoms with Gasteiger partial charge in [0.15, 0.2) is 0 Å². The fourth-order valence-electron chi connectivity index (χ4n) is 6.15. The van der Waals surface area contributed by atoms with E-state index in [1.54, 1.807) is 20.8 Å². The molecule has 2 saturated heterocycles. The van der Waals surface area contributed by atoms with Crippen molar-refractivity contribution in [2.75, 3.05) is 49.2 Å². The fraction of sp³-hybridized carbons (Fsp3) is 0.585. The Morgan fingerprint density at radius 2 is 1.33 bits per heavy atom. The average molecular weight is 1030 g/mol. The summed E-state index contributed by atoms with van der Waals surface area (Å²) in [4.78, 5) is 70.6. The van der Waals surface area contributed by atoms with Crippen molar-refractivity contribution in [3.63, 3.8) is 0 Å². The molecule has 2 aliphatic rings. The van der Waals surface area contributed by atoms with E-state index in [4.69, 9.17) is 29.2 Å². The van der Waals surface area contributed by atoms with Gasteiger partial charge in [0.05, 0.1) is 0 Å². The highest BCUT2D eigenvalue weighted by Gasteiger charge is 2.37. The molecule has 0 unspecified atom stereocenters. The number of hydrogen-bond acceptors (Lipinski definition) is 14. The summed E-state index contributed by atoms with van der Waals surface area (Å²) in [7, 11) is -3.01. The smallest absolute Gasteiger partial charge is 0.407 e. The lowest BCUT2D eigenvalue weighted by atomic mass is 10.1. The maximum absolute atomic E-state index is 14.1. The number of carbonyl (C=O) groups excluding carboxylic acids is 5. The van der Waals surface area contributed by atoms with E-state index in [-0.39, 0.29) is 50.9 Å². The molecule has 15 nitrogen and oxygen atoms in total. The normalized spacial score (nSPS) is 15.0. The van der Waals surface area contributed by atoms with Gasteiger partial charge in [-0.05, 0) is 64.3 Å². The van der Waals surface area contributed by atoms with E-state index < -0.39 is 45.7 Å². The van der Waals surface area contributed by atoms with Crippen LogP contribution < -0.4 is 25.4 Å². The average Bonchev–Trinajstić information content (AvgIpc) is 3.82. The molecule has 2 aromatic rings. The molecule has 0 radical (unpaired) electrons. The zero-order valence-corrected chi connectivity index (χ0v) is 45.0. The number of thiocarbonyl (C=S) groups is 2. The van der Waals surface area contributed by atoms with E-state index in [0.29, 0.717) is 75.3 Å². The number of rotatable bonds is 20. The zero-order valence-electron chi connectivity index (χ0n) is 38.1. The van der Waals surface area contributed by atoms with Crippen molar-refractivity contribution in [3.8, 4) is 0 Å². The van der Waals surface area contributed by atoms with Crippen molar-refractivity contribution in [2.45, 2.75) is 113 Å². The number of alkyl carbamates (subject to hydrolysis) is 1. The highest BCUT2D eigenvalue weighted by atomic mass is 32.2. The predicted molar refractivity (Wildman–Crippen MR) is 271 cm³/mol. The topological polar surface area (TPSA) is 188 Å². The van der Waals surface area contributed by atoms with Gasteiger partial charge < -0.3 is 25.9 Å². The maximum atomic E-state index is 14.1. The lowest BCUT2D eigenvalue weighted by Crippen LogP contribution is -2.50. The molecule has 2 aliphatic heterocycles. The first kappa shape index (κ1) is 53.7. The molecular weight excluding hydrogens is 967 g/mol. The molecule has 0 aliphatic carbocycles. The minimum atomic E-state index is -1.51. The zero-order chi connectivity index (χ0) is 47.6. The van der Waals surface area contributed by atoms with E-state index in [0.717, 1.165) is 16.8 Å². The Morgan fingerprint density at radius 1 is 0.812 bits per heavy atom. The summed E-state index contributed by atoms with van der Waals surface area (Å²) in [5, 5.41) is 34.5. The molecule has 5 amide bonds. The molecule has 0 bridgehead atoms. The first-order chi connectivity index (χ1) is 29.9. The second-order valence-electron chi connectivity index (χ2n) is 18.7. The van der Waals surface area contributed by atoms with Gasteiger partial charge in [0.2, 0.25) is 0 Å². The Kier molecular flexibility index (Phi) is 19.9. The minimum absolute atomic E-state index is 0.105. The second-order valence-corrected chi connectivity index (χ2v) is 35.6. The Morgan fingerprint density at radius 3 is 1.83 bits per heavy atom. The van der Waals surface area contributed by atoms with E-state index in [2.05, 4.69) is 55.2 Å². The minimum Gasteiger partial charge on any atom is -0.617 e. The molecule has 1 atom stereocenters. The number of ether oxygens (including phenoxy) is 1. The Balaban J connectivity index is 1.59. The monoisotopic (exact) mass is 1030 g/mol. The summed E-state index contributed by atoms with van der Waals surface area (Å²) < 4.78 is 7.48. The van der Waals surface area contributed by atoms with Gasteiger partial charge >= 0.3 is 28.6 Å². The number of pyridine rings is 2. The lowest BCUT2D eigenvalue weighted by Gasteiger charge is -2.21. The number of amides is 5. The summed E-state index contributed by atoms with van der Waals surface area (Å²) in [5.41, 5.74) is -0.606. The Hall–Kier alpha value is -2.94. The van der Waals surface area contributed by atoms with Gasteiger partial charge in [0.25, 0.3) is 22.5 Å². The molecule has 2 fully saturated rings. The van der Waals surface area contributed by atoms with Crippen molar-refractivity contribution in [2.24, 2.45) is 0 Å². The van der Waals surface area contributed by atoms with Crippen LogP contribution in [0.1, 0.15) is 81.7 Å². The van der Waals surface area contributed by atoms with Crippen LogP contribution in [0.2, 0.25) is 51.4 Å². The van der Waals surface area contributed by atoms with E-state index >= 15 is 0 Å². The third-order valence-corrected chi connectivity index (χ3v) is 18.9. The van der Waals surface area contributed by atoms with Gasteiger partial charge in [0.1, 0.15) is 25.4 Å². The molecule has 4 rings (SSSR count). The molecule has 0 aromatic carbocycles. The van der Waals surface area contributed by atoms with Crippen molar-refractivity contribution < 1.29 is 43.4 Å². The molecule has 2 aromatic heterocycles. The number of unbranched alkanes of at least 4 members (excludes halogenated alkanes) is 1. The molecular formula is C41H62N7O8S6Si2+. The van der Waals surface area contributed by atoms with Crippen molar-refractivity contribution in [1.82, 2.24) is 25.8 Å².